The Morgan fingerprint density at radius 2 is 2.35 bits per heavy atom. The number of fused-ring (bicyclic) bond motifs is 1. The van der Waals surface area contributed by atoms with Gasteiger partial charge >= 0.3 is 5.97 Å². The molecule has 1 N–H and O–H groups in total. The van der Waals surface area contributed by atoms with Gasteiger partial charge in [0.05, 0.1) is 6.42 Å². The Kier molecular flexibility index (Phi) is 2.99. The van der Waals surface area contributed by atoms with Gasteiger partial charge in [-0.2, -0.15) is 0 Å². The van der Waals surface area contributed by atoms with E-state index in [0.29, 0.717) is 5.58 Å². The highest BCUT2D eigenvalue weighted by molar-refractivity contribution is 5.77. The van der Waals surface area contributed by atoms with Gasteiger partial charge in [0.2, 0.25) is 0 Å². The monoisotopic (exact) mass is 234 g/mol. The first-order valence-corrected chi connectivity index (χ1v) is 5.36. The summed E-state index contributed by atoms with van der Waals surface area (Å²) in [4.78, 5) is 16.6. The molecule has 0 aliphatic rings. The van der Waals surface area contributed by atoms with E-state index in [9.17, 15) is 4.79 Å². The van der Waals surface area contributed by atoms with E-state index in [-0.39, 0.29) is 12.5 Å². The van der Waals surface area contributed by atoms with Crippen molar-refractivity contribution in [3.63, 3.8) is 0 Å². The van der Waals surface area contributed by atoms with Crippen LogP contribution in [0.1, 0.15) is 13.3 Å². The Morgan fingerprint density at radius 3 is 3.06 bits per heavy atom. The molecule has 0 bridgehead atoms. The van der Waals surface area contributed by atoms with Crippen molar-refractivity contribution in [1.29, 1.82) is 0 Å². The molecule has 90 valence electrons. The highest BCUT2D eigenvalue weighted by Gasteiger charge is 2.14. The highest BCUT2D eigenvalue weighted by Crippen LogP contribution is 2.22. The largest absolute Gasteiger partial charge is 0.481 e. The zero-order chi connectivity index (χ0) is 12.4. The van der Waals surface area contributed by atoms with Crippen LogP contribution in [0, 0.1) is 0 Å². The van der Waals surface area contributed by atoms with E-state index >= 15 is 0 Å². The number of anilines is 1. The minimum atomic E-state index is -0.801. The molecule has 1 atom stereocenters. The van der Waals surface area contributed by atoms with Crippen LogP contribution in [0.15, 0.2) is 29.0 Å². The fourth-order valence-electron chi connectivity index (χ4n) is 1.71. The molecule has 2 aromatic rings. The molecule has 0 aliphatic heterocycles. The van der Waals surface area contributed by atoms with E-state index in [1.54, 1.807) is 0 Å². The molecule has 5 nitrogen and oxygen atoms in total. The minimum absolute atomic E-state index is 0.0760. The number of hydrogen-bond donors (Lipinski definition) is 1. The second-order valence-electron chi connectivity index (χ2n) is 4.06. The van der Waals surface area contributed by atoms with E-state index in [2.05, 4.69) is 4.98 Å². The van der Waals surface area contributed by atoms with Gasteiger partial charge in [-0.15, -0.1) is 0 Å². The lowest BCUT2D eigenvalue weighted by Crippen LogP contribution is -2.30. The Bertz CT molecular complexity index is 535. The van der Waals surface area contributed by atoms with Crippen LogP contribution in [0.4, 0.5) is 5.69 Å². The first kappa shape index (κ1) is 11.4. The van der Waals surface area contributed by atoms with Crippen LogP contribution in [0.25, 0.3) is 11.1 Å². The average molecular weight is 234 g/mol. The van der Waals surface area contributed by atoms with Gasteiger partial charge in [-0.3, -0.25) is 4.79 Å². The number of carboxylic acid groups (broad SMARTS) is 1. The molecule has 0 aliphatic carbocycles. The summed E-state index contributed by atoms with van der Waals surface area (Å²) >= 11 is 0. The molecular weight excluding hydrogens is 220 g/mol. The second kappa shape index (κ2) is 4.45. The van der Waals surface area contributed by atoms with Crippen LogP contribution in [-0.2, 0) is 4.79 Å². The Morgan fingerprint density at radius 1 is 1.59 bits per heavy atom. The second-order valence-corrected chi connectivity index (χ2v) is 4.06. The van der Waals surface area contributed by atoms with Gasteiger partial charge in [0.25, 0.3) is 0 Å². The number of benzene rings is 1. The Balaban J connectivity index is 2.23. The standard InChI is InChI=1S/C12H14N2O3/c1-8(5-12(15)16)14(2)9-3-4-10-11(6-9)17-7-13-10/h3-4,6-8H,5H2,1-2H3,(H,15,16). The molecule has 0 amide bonds. The van der Waals surface area contributed by atoms with E-state index in [1.807, 2.05) is 37.1 Å². The van der Waals surface area contributed by atoms with Crippen molar-refractivity contribution in [2.45, 2.75) is 19.4 Å². The van der Waals surface area contributed by atoms with Gasteiger partial charge in [-0.25, -0.2) is 4.98 Å². The van der Waals surface area contributed by atoms with E-state index in [0.717, 1.165) is 11.2 Å². The average Bonchev–Trinajstić information content (AvgIpc) is 2.73. The summed E-state index contributed by atoms with van der Waals surface area (Å²) in [6, 6.07) is 5.55. The van der Waals surface area contributed by atoms with E-state index in [1.165, 1.54) is 6.39 Å². The zero-order valence-electron chi connectivity index (χ0n) is 9.75. The van der Waals surface area contributed by atoms with Gasteiger partial charge in [0.15, 0.2) is 12.0 Å². The Labute approximate surface area is 98.7 Å². The van der Waals surface area contributed by atoms with Crippen molar-refractivity contribution in [3.05, 3.63) is 24.6 Å². The number of aliphatic carboxylic acids is 1. The van der Waals surface area contributed by atoms with Gasteiger partial charge in [-0.1, -0.05) is 0 Å². The fraction of sp³-hybridized carbons (Fsp3) is 0.333. The molecule has 0 fully saturated rings. The molecule has 0 spiro atoms. The third kappa shape index (κ3) is 2.38. The first-order chi connectivity index (χ1) is 8.08. The smallest absolute Gasteiger partial charge is 0.305 e. The van der Waals surface area contributed by atoms with Crippen LogP contribution in [0.5, 0.6) is 0 Å². The quantitative estimate of drug-likeness (QED) is 0.877. The minimum Gasteiger partial charge on any atom is -0.481 e. The zero-order valence-corrected chi connectivity index (χ0v) is 9.75. The summed E-state index contributed by atoms with van der Waals surface area (Å²) in [7, 11) is 1.87. The van der Waals surface area contributed by atoms with Gasteiger partial charge in [0, 0.05) is 24.8 Å². The van der Waals surface area contributed by atoms with Crippen molar-refractivity contribution >= 4 is 22.8 Å². The molecule has 1 heterocycles. The third-order valence-corrected chi connectivity index (χ3v) is 2.85. The van der Waals surface area contributed by atoms with Gasteiger partial charge in [0.1, 0.15) is 5.52 Å². The molecule has 2 rings (SSSR count). The van der Waals surface area contributed by atoms with E-state index in [4.69, 9.17) is 9.52 Å². The van der Waals surface area contributed by atoms with Crippen LogP contribution in [0.3, 0.4) is 0 Å². The van der Waals surface area contributed by atoms with Crippen LogP contribution < -0.4 is 4.90 Å². The van der Waals surface area contributed by atoms with Crippen molar-refractivity contribution in [2.75, 3.05) is 11.9 Å². The normalized spacial score (nSPS) is 12.6. The number of rotatable bonds is 4. The molecule has 0 radical (unpaired) electrons. The van der Waals surface area contributed by atoms with Gasteiger partial charge < -0.3 is 14.4 Å². The summed E-state index contributed by atoms with van der Waals surface area (Å²) in [5, 5.41) is 8.76. The maximum atomic E-state index is 10.7. The number of carboxylic acids is 1. The number of oxazole rings is 1. The summed E-state index contributed by atoms with van der Waals surface area (Å²) in [5.74, 6) is -0.801. The molecule has 1 unspecified atom stereocenters. The molecule has 0 saturated carbocycles. The molecule has 1 aromatic carbocycles. The van der Waals surface area contributed by atoms with Crippen molar-refractivity contribution in [3.8, 4) is 0 Å². The lowest BCUT2D eigenvalue weighted by atomic mass is 10.2. The lowest BCUT2D eigenvalue weighted by Gasteiger charge is -2.25. The number of aromatic nitrogens is 1. The maximum absolute atomic E-state index is 10.7. The fourth-order valence-corrected chi connectivity index (χ4v) is 1.71. The summed E-state index contributed by atoms with van der Waals surface area (Å²) < 4.78 is 5.22. The predicted molar refractivity (Wildman–Crippen MR) is 64.1 cm³/mol. The molecule has 1 aromatic heterocycles. The van der Waals surface area contributed by atoms with Crippen LogP contribution in [-0.4, -0.2) is 29.1 Å². The highest BCUT2D eigenvalue weighted by atomic mass is 16.4. The van der Waals surface area contributed by atoms with Crippen LogP contribution >= 0.6 is 0 Å². The molecule has 5 heteroatoms. The van der Waals surface area contributed by atoms with Crippen LogP contribution in [0.2, 0.25) is 0 Å². The third-order valence-electron chi connectivity index (χ3n) is 2.85. The van der Waals surface area contributed by atoms with Crippen molar-refractivity contribution in [1.82, 2.24) is 4.98 Å². The van der Waals surface area contributed by atoms with Crippen molar-refractivity contribution in [2.24, 2.45) is 0 Å². The first-order valence-electron chi connectivity index (χ1n) is 5.36. The SMILES string of the molecule is CC(CC(=O)O)N(C)c1ccc2ncoc2c1. The molecular formula is C12H14N2O3. The number of carbonyl (C=O) groups is 1. The molecule has 0 saturated heterocycles. The summed E-state index contributed by atoms with van der Waals surface area (Å²) in [6.07, 6.45) is 1.50. The maximum Gasteiger partial charge on any atom is 0.305 e. The van der Waals surface area contributed by atoms with Gasteiger partial charge in [-0.05, 0) is 19.1 Å². The predicted octanol–water partition coefficient (Wildman–Crippen LogP) is 2.13. The summed E-state index contributed by atoms with van der Waals surface area (Å²) in [5.41, 5.74) is 2.42. The summed E-state index contributed by atoms with van der Waals surface area (Å²) in [6.45, 7) is 1.87. The van der Waals surface area contributed by atoms with Crippen molar-refractivity contribution < 1.29 is 14.3 Å². The molecule has 17 heavy (non-hydrogen) atoms. The Hall–Kier alpha value is -2.04. The lowest BCUT2D eigenvalue weighted by molar-refractivity contribution is -0.137. The number of nitrogens with zero attached hydrogens (tertiary/aromatic N) is 2. The van der Waals surface area contributed by atoms with E-state index < -0.39 is 5.97 Å². The number of hydrogen-bond acceptors (Lipinski definition) is 4. The topological polar surface area (TPSA) is 66.6 Å².